The van der Waals surface area contributed by atoms with Crippen LogP contribution in [0.5, 0.6) is 0 Å². The predicted molar refractivity (Wildman–Crippen MR) is 90.5 cm³/mol. The van der Waals surface area contributed by atoms with Crippen LogP contribution in [0.1, 0.15) is 31.9 Å². The van der Waals surface area contributed by atoms with E-state index in [2.05, 4.69) is 27.5 Å². The summed E-state index contributed by atoms with van der Waals surface area (Å²) in [5.41, 5.74) is 1.12. The van der Waals surface area contributed by atoms with Crippen LogP contribution in [-0.2, 0) is 6.42 Å². The van der Waals surface area contributed by atoms with Crippen molar-refractivity contribution in [2.24, 2.45) is 0 Å². The van der Waals surface area contributed by atoms with Crippen LogP contribution in [0.3, 0.4) is 0 Å². The van der Waals surface area contributed by atoms with Crippen LogP contribution in [0, 0.1) is 5.82 Å². The van der Waals surface area contributed by atoms with Crippen LogP contribution in [0.4, 0.5) is 10.1 Å². The van der Waals surface area contributed by atoms with E-state index in [-0.39, 0.29) is 11.6 Å². The maximum Gasteiger partial charge on any atom is 0.272 e. The van der Waals surface area contributed by atoms with Gasteiger partial charge in [-0.15, -0.1) is 0 Å². The molecular weight excluding hydrogens is 295 g/mol. The zero-order valence-electron chi connectivity index (χ0n) is 13.7. The van der Waals surface area contributed by atoms with E-state index in [1.807, 2.05) is 6.92 Å². The number of rotatable bonds is 0. The highest BCUT2D eigenvalue weighted by molar-refractivity contribution is 5.96. The standard InChI is InChI=1S/C11H10FN3O.C6H13N/c1-5-2-9-10-7(11(16)15-14-9)3-6(12)4-8(10)13-5;1-7-5-3-2-4-6-7/h3-5,13H,2H2,1H3,(H,15,16);2-6H2,1H3. The van der Waals surface area contributed by atoms with Gasteiger partial charge in [0, 0.05) is 23.5 Å². The number of nitrogens with one attached hydrogen (secondary N) is 2. The fourth-order valence-electron chi connectivity index (χ4n) is 3.25. The Morgan fingerprint density at radius 1 is 1.26 bits per heavy atom. The lowest BCUT2D eigenvalue weighted by molar-refractivity contribution is 0.277. The number of halogens is 1. The third kappa shape index (κ3) is 3.52. The number of hydrogen-bond acceptors (Lipinski definition) is 4. The van der Waals surface area contributed by atoms with Crippen molar-refractivity contribution in [3.05, 3.63) is 34.0 Å². The number of piperidine rings is 1. The first-order chi connectivity index (χ1) is 11.0. The summed E-state index contributed by atoms with van der Waals surface area (Å²) in [4.78, 5) is 13.9. The molecule has 0 saturated carbocycles. The van der Waals surface area contributed by atoms with Gasteiger partial charge in [0.25, 0.3) is 5.56 Å². The second kappa shape index (κ2) is 6.66. The fourth-order valence-corrected chi connectivity index (χ4v) is 3.25. The molecule has 1 aromatic carbocycles. The molecule has 1 fully saturated rings. The normalized spacial score (nSPS) is 20.6. The highest BCUT2D eigenvalue weighted by Gasteiger charge is 2.20. The van der Waals surface area contributed by atoms with E-state index in [4.69, 9.17) is 0 Å². The molecule has 0 bridgehead atoms. The Morgan fingerprint density at radius 2 is 2.00 bits per heavy atom. The van der Waals surface area contributed by atoms with E-state index in [1.165, 1.54) is 44.5 Å². The second-order valence-electron chi connectivity index (χ2n) is 6.49. The molecule has 23 heavy (non-hydrogen) atoms. The van der Waals surface area contributed by atoms with Crippen LogP contribution in [0.2, 0.25) is 0 Å². The molecule has 2 aliphatic rings. The molecule has 1 atom stereocenters. The van der Waals surface area contributed by atoms with Gasteiger partial charge in [0.2, 0.25) is 0 Å². The Labute approximate surface area is 134 Å². The number of anilines is 1. The van der Waals surface area contributed by atoms with Gasteiger partial charge in [-0.3, -0.25) is 4.79 Å². The van der Waals surface area contributed by atoms with Gasteiger partial charge in [0.15, 0.2) is 0 Å². The minimum absolute atomic E-state index is 0.191. The van der Waals surface area contributed by atoms with Crippen LogP contribution < -0.4 is 10.9 Å². The monoisotopic (exact) mass is 318 g/mol. The third-order valence-electron chi connectivity index (χ3n) is 4.41. The lowest BCUT2D eigenvalue weighted by atomic mass is 9.99. The molecule has 6 heteroatoms. The van der Waals surface area contributed by atoms with E-state index < -0.39 is 5.82 Å². The Kier molecular flexibility index (Phi) is 4.61. The summed E-state index contributed by atoms with van der Waals surface area (Å²) in [5, 5.41) is 10.7. The van der Waals surface area contributed by atoms with Crippen molar-refractivity contribution in [2.45, 2.75) is 38.6 Å². The van der Waals surface area contributed by atoms with E-state index >= 15 is 0 Å². The molecule has 2 aromatic rings. The number of aromatic amines is 1. The average molecular weight is 318 g/mol. The van der Waals surface area contributed by atoms with Crippen molar-refractivity contribution in [2.75, 3.05) is 25.5 Å². The minimum Gasteiger partial charge on any atom is -0.382 e. The van der Waals surface area contributed by atoms with Gasteiger partial charge in [-0.1, -0.05) is 6.42 Å². The summed E-state index contributed by atoms with van der Waals surface area (Å²) in [5.74, 6) is -0.410. The number of benzene rings is 1. The van der Waals surface area contributed by atoms with E-state index in [0.717, 1.165) is 17.5 Å². The van der Waals surface area contributed by atoms with Crippen molar-refractivity contribution in [1.29, 1.82) is 0 Å². The van der Waals surface area contributed by atoms with Gasteiger partial charge < -0.3 is 10.2 Å². The summed E-state index contributed by atoms with van der Waals surface area (Å²) in [6, 6.07) is 2.85. The van der Waals surface area contributed by atoms with Gasteiger partial charge >= 0.3 is 0 Å². The fraction of sp³-hybridized carbons (Fsp3) is 0.529. The molecule has 2 N–H and O–H groups in total. The van der Waals surface area contributed by atoms with Crippen molar-refractivity contribution in [3.63, 3.8) is 0 Å². The molecule has 1 unspecified atom stereocenters. The van der Waals surface area contributed by atoms with Gasteiger partial charge in [0.1, 0.15) is 5.82 Å². The molecular formula is C17H23FN4O. The molecule has 0 amide bonds. The van der Waals surface area contributed by atoms with Crippen LogP contribution in [0.25, 0.3) is 10.8 Å². The molecule has 124 valence electrons. The van der Waals surface area contributed by atoms with Crippen LogP contribution in [0.15, 0.2) is 16.9 Å². The van der Waals surface area contributed by atoms with Crippen molar-refractivity contribution >= 4 is 16.5 Å². The largest absolute Gasteiger partial charge is 0.382 e. The van der Waals surface area contributed by atoms with Crippen LogP contribution in [-0.4, -0.2) is 41.3 Å². The first kappa shape index (κ1) is 15.9. The Hall–Kier alpha value is -1.95. The quantitative estimate of drug-likeness (QED) is 0.783. The van der Waals surface area contributed by atoms with Crippen molar-refractivity contribution in [3.8, 4) is 0 Å². The zero-order chi connectivity index (χ0) is 16.4. The molecule has 0 spiro atoms. The maximum atomic E-state index is 13.3. The molecule has 0 radical (unpaired) electrons. The highest BCUT2D eigenvalue weighted by atomic mass is 19.1. The smallest absolute Gasteiger partial charge is 0.272 e. The maximum absolute atomic E-state index is 13.3. The Balaban J connectivity index is 0.000000188. The number of H-pyrrole nitrogens is 1. The van der Waals surface area contributed by atoms with Gasteiger partial charge in [-0.25, -0.2) is 9.49 Å². The first-order valence-electron chi connectivity index (χ1n) is 8.20. The lowest BCUT2D eigenvalue weighted by Crippen LogP contribution is -2.26. The molecule has 1 aromatic heterocycles. The SMILES string of the molecule is CC1Cc2n[nH]c(=O)c3cc(F)cc(c23)N1.CN1CCCCC1. The van der Waals surface area contributed by atoms with E-state index in [1.54, 1.807) is 0 Å². The Bertz CT molecular complexity index is 752. The number of aromatic nitrogens is 2. The molecule has 3 heterocycles. The van der Waals surface area contributed by atoms with Crippen molar-refractivity contribution < 1.29 is 4.39 Å². The number of hydrogen-bond donors (Lipinski definition) is 2. The first-order valence-corrected chi connectivity index (χ1v) is 8.20. The van der Waals surface area contributed by atoms with E-state index in [0.29, 0.717) is 11.1 Å². The average Bonchev–Trinajstić information content (AvgIpc) is 2.51. The molecule has 2 aliphatic heterocycles. The van der Waals surface area contributed by atoms with Crippen LogP contribution >= 0.6 is 0 Å². The molecule has 4 rings (SSSR count). The van der Waals surface area contributed by atoms with Gasteiger partial charge in [-0.05, 0) is 52.0 Å². The Morgan fingerprint density at radius 3 is 2.65 bits per heavy atom. The summed E-state index contributed by atoms with van der Waals surface area (Å²) in [6.45, 7) is 4.63. The van der Waals surface area contributed by atoms with Gasteiger partial charge in [0.05, 0.1) is 11.1 Å². The molecule has 0 aliphatic carbocycles. The lowest BCUT2D eigenvalue weighted by Gasteiger charge is -2.23. The van der Waals surface area contributed by atoms with E-state index in [9.17, 15) is 9.18 Å². The number of nitrogens with zero attached hydrogens (tertiary/aromatic N) is 2. The second-order valence-corrected chi connectivity index (χ2v) is 6.49. The number of likely N-dealkylation sites (tertiary alicyclic amines) is 1. The van der Waals surface area contributed by atoms with Gasteiger partial charge in [-0.2, -0.15) is 5.10 Å². The summed E-state index contributed by atoms with van der Waals surface area (Å²) >= 11 is 0. The minimum atomic E-state index is -0.410. The van der Waals surface area contributed by atoms with Crippen molar-refractivity contribution in [1.82, 2.24) is 15.1 Å². The molecule has 5 nitrogen and oxygen atoms in total. The highest BCUT2D eigenvalue weighted by Crippen LogP contribution is 2.30. The topological polar surface area (TPSA) is 61.0 Å². The summed E-state index contributed by atoms with van der Waals surface area (Å²) < 4.78 is 13.3. The summed E-state index contributed by atoms with van der Waals surface area (Å²) in [7, 11) is 2.19. The third-order valence-corrected chi connectivity index (χ3v) is 4.41. The summed E-state index contributed by atoms with van der Waals surface area (Å²) in [6.07, 6.45) is 5.00. The predicted octanol–water partition coefficient (Wildman–Crippen LogP) is 2.52. The molecule has 1 saturated heterocycles. The zero-order valence-corrected chi connectivity index (χ0v) is 13.7.